The Bertz CT molecular complexity index is 1500. The largest absolute Gasteiger partial charge is 0.483 e. The fourth-order valence-electron chi connectivity index (χ4n) is 3.62. The van der Waals surface area contributed by atoms with Gasteiger partial charge in [0, 0.05) is 12.1 Å². The average Bonchev–Trinajstić information content (AvgIpc) is 3.24. The predicted octanol–water partition coefficient (Wildman–Crippen LogP) is 3.67. The molecular formula is C23H23F5N4O6S2. The molecular weight excluding hydrogens is 587 g/mol. The number of nitrogens with zero attached hydrogens (tertiary/aromatic N) is 3. The molecule has 10 nitrogen and oxygen atoms in total. The molecule has 2 N–H and O–H groups in total. The lowest BCUT2D eigenvalue weighted by atomic mass is 9.96. The Morgan fingerprint density at radius 2 is 1.85 bits per heavy atom. The number of nitrogens with one attached hydrogen (secondary N) is 1. The fraction of sp³-hybridized carbons (Fsp3) is 0.391. The van der Waals surface area contributed by atoms with Gasteiger partial charge in [0.05, 0.1) is 11.8 Å². The van der Waals surface area contributed by atoms with Crippen LogP contribution >= 0.6 is 11.3 Å². The normalized spacial score (nSPS) is 14.9. The Hall–Kier alpha value is -3.28. The fourth-order valence-corrected chi connectivity index (χ4v) is 4.42. The van der Waals surface area contributed by atoms with Crippen molar-refractivity contribution in [3.05, 3.63) is 52.2 Å². The molecule has 1 aromatic carbocycles. The Labute approximate surface area is 228 Å². The number of hydrogen-bond acceptors (Lipinski definition) is 9. The van der Waals surface area contributed by atoms with Crippen molar-refractivity contribution in [2.45, 2.75) is 25.6 Å². The van der Waals surface area contributed by atoms with E-state index in [-0.39, 0.29) is 22.0 Å². The van der Waals surface area contributed by atoms with Crippen molar-refractivity contribution in [3.8, 4) is 5.75 Å². The molecule has 0 bridgehead atoms. The molecule has 17 heteroatoms. The number of ether oxygens (including phenoxy) is 1. The van der Waals surface area contributed by atoms with Gasteiger partial charge >= 0.3 is 6.18 Å². The highest BCUT2D eigenvalue weighted by Crippen LogP contribution is 2.32. The number of likely N-dealkylation sites (tertiary alicyclic amines) is 1. The molecule has 0 unspecified atom stereocenters. The first-order chi connectivity index (χ1) is 18.5. The minimum absolute atomic E-state index is 0.00418. The number of rotatable bonds is 5. The van der Waals surface area contributed by atoms with Gasteiger partial charge < -0.3 is 9.64 Å². The van der Waals surface area contributed by atoms with Gasteiger partial charge in [-0.1, -0.05) is 11.3 Å². The predicted molar refractivity (Wildman–Crippen MR) is 133 cm³/mol. The Balaban J connectivity index is 0.000000810. The summed E-state index contributed by atoms with van der Waals surface area (Å²) < 4.78 is 98.9. The summed E-state index contributed by atoms with van der Waals surface area (Å²) in [5.41, 5.74) is -1.93. The molecule has 2 aromatic heterocycles. The van der Waals surface area contributed by atoms with E-state index in [1.54, 1.807) is 0 Å². The van der Waals surface area contributed by atoms with Crippen molar-refractivity contribution in [1.29, 1.82) is 0 Å². The van der Waals surface area contributed by atoms with Crippen molar-refractivity contribution in [2.75, 3.05) is 26.4 Å². The van der Waals surface area contributed by atoms with Crippen molar-refractivity contribution < 1.29 is 49.2 Å². The number of pyridine rings is 1. The highest BCUT2D eigenvalue weighted by atomic mass is 32.2. The van der Waals surface area contributed by atoms with Crippen molar-refractivity contribution in [2.24, 2.45) is 5.92 Å². The number of amides is 2. The van der Waals surface area contributed by atoms with Crippen LogP contribution in [0.2, 0.25) is 0 Å². The van der Waals surface area contributed by atoms with E-state index in [9.17, 15) is 40.0 Å². The minimum Gasteiger partial charge on any atom is -0.483 e. The number of fused-ring (bicyclic) bond motifs is 1. The van der Waals surface area contributed by atoms with Crippen molar-refractivity contribution in [3.63, 3.8) is 0 Å². The first-order valence-electron chi connectivity index (χ1n) is 11.4. The summed E-state index contributed by atoms with van der Waals surface area (Å²) in [4.78, 5) is 34.8. The van der Waals surface area contributed by atoms with E-state index in [0.717, 1.165) is 29.5 Å². The Morgan fingerprint density at radius 1 is 1.23 bits per heavy atom. The zero-order chi connectivity index (χ0) is 29.8. The maximum Gasteiger partial charge on any atom is 0.417 e. The molecule has 0 atom stereocenters. The van der Waals surface area contributed by atoms with E-state index in [2.05, 4.69) is 15.3 Å². The van der Waals surface area contributed by atoms with E-state index in [1.165, 1.54) is 0 Å². The third kappa shape index (κ3) is 8.61. The van der Waals surface area contributed by atoms with Gasteiger partial charge in [-0.25, -0.2) is 18.7 Å². The van der Waals surface area contributed by atoms with Crippen LogP contribution in [0.1, 0.15) is 33.8 Å². The second-order valence-corrected chi connectivity index (χ2v) is 11.3. The molecule has 1 saturated heterocycles. The number of alkyl halides is 3. The molecule has 3 heterocycles. The maximum atomic E-state index is 14.9. The van der Waals surface area contributed by atoms with Gasteiger partial charge in [0.25, 0.3) is 16.0 Å². The van der Waals surface area contributed by atoms with E-state index >= 15 is 0 Å². The van der Waals surface area contributed by atoms with Crippen molar-refractivity contribution in [1.82, 2.24) is 20.2 Å². The van der Waals surface area contributed by atoms with Crippen molar-refractivity contribution >= 4 is 43.6 Å². The summed E-state index contributed by atoms with van der Waals surface area (Å²) in [5, 5.41) is 2.25. The topological polar surface area (TPSA) is 139 Å². The summed E-state index contributed by atoms with van der Waals surface area (Å²) in [6.07, 6.45) is -2.14. The number of carbonyl (C=O) groups excluding carboxylic acids is 2. The van der Waals surface area contributed by atoms with Crippen LogP contribution < -0.4 is 10.1 Å². The van der Waals surface area contributed by atoms with Crippen LogP contribution in [0.3, 0.4) is 0 Å². The van der Waals surface area contributed by atoms with Crippen LogP contribution in [0.15, 0.2) is 24.4 Å². The van der Waals surface area contributed by atoms with Crippen LogP contribution in [0.4, 0.5) is 22.0 Å². The molecule has 1 aliphatic rings. The summed E-state index contributed by atoms with van der Waals surface area (Å²) in [5.74, 6) is -5.23. The first kappa shape index (κ1) is 31.3. The van der Waals surface area contributed by atoms with Gasteiger partial charge in [-0.15, -0.1) is 0 Å². The van der Waals surface area contributed by atoms with Gasteiger partial charge in [-0.2, -0.15) is 21.6 Å². The number of piperidine rings is 1. The van der Waals surface area contributed by atoms with Gasteiger partial charge in [0.1, 0.15) is 33.3 Å². The monoisotopic (exact) mass is 610 g/mol. The number of aromatic nitrogens is 2. The van der Waals surface area contributed by atoms with Crippen LogP contribution in [0.25, 0.3) is 10.3 Å². The van der Waals surface area contributed by atoms with E-state index in [0.29, 0.717) is 38.4 Å². The smallest absolute Gasteiger partial charge is 0.417 e. The molecule has 0 spiro atoms. The lowest BCUT2D eigenvalue weighted by molar-refractivity contribution is -0.137. The maximum absolute atomic E-state index is 14.9. The Morgan fingerprint density at radius 3 is 2.45 bits per heavy atom. The highest BCUT2D eigenvalue weighted by molar-refractivity contribution is 7.85. The second-order valence-electron chi connectivity index (χ2n) is 8.81. The average molecular weight is 611 g/mol. The van der Waals surface area contributed by atoms with E-state index in [1.807, 2.05) is 11.9 Å². The third-order valence-electron chi connectivity index (χ3n) is 5.58. The summed E-state index contributed by atoms with van der Waals surface area (Å²) in [6, 6.07) is 2.63. The summed E-state index contributed by atoms with van der Waals surface area (Å²) in [6.45, 7) is 0.967. The minimum atomic E-state index is -4.58. The number of hydrogen-bond donors (Lipinski definition) is 2. The molecule has 4 rings (SSSR count). The molecule has 0 radical (unpaired) electrons. The SMILES string of the molecule is CN1CCC(C(=O)NC(=O)c2c(F)ccc(OCc3nc4cc(C(F)(F)F)cnc4s3)c2F)CC1.CS(=O)(=O)O. The summed E-state index contributed by atoms with van der Waals surface area (Å²) in [7, 11) is -1.76. The van der Waals surface area contributed by atoms with Crippen LogP contribution in [-0.2, 0) is 27.7 Å². The number of carbonyl (C=O) groups is 2. The molecule has 1 aliphatic heterocycles. The van der Waals surface area contributed by atoms with Gasteiger partial charge in [-0.05, 0) is 51.2 Å². The summed E-state index contributed by atoms with van der Waals surface area (Å²) >= 11 is 0.941. The molecule has 0 aliphatic carbocycles. The lowest BCUT2D eigenvalue weighted by Crippen LogP contribution is -2.41. The molecule has 218 valence electrons. The van der Waals surface area contributed by atoms with Gasteiger partial charge in [0.15, 0.2) is 11.6 Å². The van der Waals surface area contributed by atoms with Crippen LogP contribution in [-0.4, -0.2) is 66.0 Å². The number of halogens is 5. The zero-order valence-corrected chi connectivity index (χ0v) is 22.6. The van der Waals surface area contributed by atoms with Gasteiger partial charge in [0.2, 0.25) is 5.91 Å². The van der Waals surface area contributed by atoms with Crippen LogP contribution in [0, 0.1) is 17.6 Å². The van der Waals surface area contributed by atoms with Crippen LogP contribution in [0.5, 0.6) is 5.75 Å². The second kappa shape index (κ2) is 12.5. The zero-order valence-electron chi connectivity index (χ0n) is 21.0. The highest BCUT2D eigenvalue weighted by Gasteiger charge is 2.32. The molecule has 2 amide bonds. The number of imide groups is 1. The Kier molecular flexibility index (Phi) is 9.76. The van der Waals surface area contributed by atoms with E-state index in [4.69, 9.17) is 9.29 Å². The molecule has 1 fully saturated rings. The quantitative estimate of drug-likeness (QED) is 0.252. The van der Waals surface area contributed by atoms with E-state index < -0.39 is 62.5 Å². The number of benzene rings is 1. The molecule has 0 saturated carbocycles. The standard InChI is InChI=1S/C22H19F5N4O3S.CH4O3S/c1-31-6-4-11(5-7-31)19(32)30-20(33)17-13(23)2-3-15(18(17)24)34-10-16-29-14-8-12(22(25,26)27)9-28-21(14)35-16;1-5(2,3)4/h2-3,8-9,11H,4-7,10H2,1H3,(H,30,32,33);1H3,(H,2,3,4). The first-order valence-corrected chi connectivity index (χ1v) is 14.1. The molecule has 40 heavy (non-hydrogen) atoms. The third-order valence-corrected chi connectivity index (χ3v) is 6.53. The molecule has 3 aromatic rings. The number of thiazole rings is 1. The van der Waals surface area contributed by atoms with Gasteiger partial charge in [-0.3, -0.25) is 19.5 Å². The lowest BCUT2D eigenvalue weighted by Gasteiger charge is -2.27.